The number of aromatic nitrogens is 1. The molecule has 4 nitrogen and oxygen atoms in total. The number of halogens is 2. The summed E-state index contributed by atoms with van der Waals surface area (Å²) in [7, 11) is 1.91. The zero-order valence-corrected chi connectivity index (χ0v) is 15.2. The zero-order chi connectivity index (χ0) is 14.8. The Bertz CT molecular complexity index is 486. The van der Waals surface area contributed by atoms with Crippen molar-refractivity contribution in [1.29, 1.82) is 0 Å². The number of hydrogen-bond acceptors (Lipinski definition) is 3. The first kappa shape index (κ1) is 20.2. The highest BCUT2D eigenvalue weighted by molar-refractivity contribution is 5.85. The Kier molecular flexibility index (Phi) is 7.78. The maximum absolute atomic E-state index is 12.7. The summed E-state index contributed by atoms with van der Waals surface area (Å²) in [5.74, 6) is 1.57. The van der Waals surface area contributed by atoms with E-state index >= 15 is 0 Å². The number of carbonyl (C=O) groups is 1. The van der Waals surface area contributed by atoms with Crippen LogP contribution in [0.2, 0.25) is 0 Å². The van der Waals surface area contributed by atoms with Gasteiger partial charge in [-0.25, -0.2) is 0 Å². The first-order valence-corrected chi connectivity index (χ1v) is 8.04. The number of pyridine rings is 1. The molecule has 0 aliphatic heterocycles. The molecule has 1 heterocycles. The van der Waals surface area contributed by atoms with Gasteiger partial charge in [-0.1, -0.05) is 6.42 Å². The minimum absolute atomic E-state index is 0. The van der Waals surface area contributed by atoms with Gasteiger partial charge in [0.05, 0.1) is 0 Å². The Balaban J connectivity index is 0.00000132. The van der Waals surface area contributed by atoms with Gasteiger partial charge in [-0.2, -0.15) is 0 Å². The number of nitrogens with zero attached hydrogens (tertiary/aromatic N) is 2. The van der Waals surface area contributed by atoms with Gasteiger partial charge in [0.1, 0.15) is 0 Å². The molecule has 0 saturated heterocycles. The SMILES string of the molecule is CN(Cc1ccncc1)C(=O)C1CC2CCCC(C1)C2N.Cl.Cl. The maximum atomic E-state index is 12.7. The molecular weight excluding hydrogens is 333 g/mol. The monoisotopic (exact) mass is 359 g/mol. The third kappa shape index (κ3) is 4.59. The highest BCUT2D eigenvalue weighted by atomic mass is 35.5. The Labute approximate surface area is 151 Å². The lowest BCUT2D eigenvalue weighted by molar-refractivity contribution is -0.137. The standard InChI is InChI=1S/C17H25N3O.2ClH/c1-20(11-12-5-7-19-8-6-12)17(21)15-9-13-3-2-4-14(10-15)16(13)18;;/h5-8,13-16H,2-4,9-11,18H2,1H3;2*1H. The molecule has 2 fully saturated rings. The fourth-order valence-electron chi connectivity index (χ4n) is 4.14. The van der Waals surface area contributed by atoms with E-state index in [1.807, 2.05) is 24.1 Å². The number of hydrogen-bond donors (Lipinski definition) is 1. The molecule has 2 N–H and O–H groups in total. The highest BCUT2D eigenvalue weighted by Gasteiger charge is 2.41. The lowest BCUT2D eigenvalue weighted by atomic mass is 9.65. The van der Waals surface area contributed by atoms with Crippen molar-refractivity contribution in [3.05, 3.63) is 30.1 Å². The van der Waals surface area contributed by atoms with E-state index in [4.69, 9.17) is 5.73 Å². The molecular formula is C17H27Cl2N3O. The van der Waals surface area contributed by atoms with E-state index in [1.165, 1.54) is 19.3 Å². The number of nitrogens with two attached hydrogens (primary N) is 1. The Morgan fingerprint density at radius 3 is 2.35 bits per heavy atom. The summed E-state index contributed by atoms with van der Waals surface area (Å²) in [4.78, 5) is 18.6. The molecule has 2 saturated carbocycles. The second-order valence-corrected chi connectivity index (χ2v) is 6.75. The molecule has 3 rings (SSSR count). The van der Waals surface area contributed by atoms with E-state index in [2.05, 4.69) is 4.98 Å². The molecule has 2 aliphatic rings. The van der Waals surface area contributed by atoms with E-state index in [0.29, 0.717) is 24.4 Å². The van der Waals surface area contributed by atoms with Gasteiger partial charge in [0, 0.05) is 37.9 Å². The average Bonchev–Trinajstić information content (AvgIpc) is 2.47. The van der Waals surface area contributed by atoms with Crippen molar-refractivity contribution >= 4 is 30.7 Å². The average molecular weight is 360 g/mol. The van der Waals surface area contributed by atoms with Crippen molar-refractivity contribution in [2.75, 3.05) is 7.05 Å². The Morgan fingerprint density at radius 1 is 1.22 bits per heavy atom. The quantitative estimate of drug-likeness (QED) is 0.901. The summed E-state index contributed by atoms with van der Waals surface area (Å²) in [6.45, 7) is 0.666. The normalized spacial score (nSPS) is 29.0. The summed E-state index contributed by atoms with van der Waals surface area (Å²) in [5.41, 5.74) is 7.45. The molecule has 2 aliphatic carbocycles. The second-order valence-electron chi connectivity index (χ2n) is 6.75. The van der Waals surface area contributed by atoms with Crippen molar-refractivity contribution in [3.8, 4) is 0 Å². The minimum Gasteiger partial charge on any atom is -0.341 e. The predicted molar refractivity (Wildman–Crippen MR) is 96.7 cm³/mol. The molecule has 2 bridgehead atoms. The molecule has 2 unspecified atom stereocenters. The van der Waals surface area contributed by atoms with Crippen LogP contribution >= 0.6 is 24.8 Å². The fourth-order valence-corrected chi connectivity index (χ4v) is 4.14. The summed E-state index contributed by atoms with van der Waals surface area (Å²) >= 11 is 0. The highest BCUT2D eigenvalue weighted by Crippen LogP contribution is 2.42. The molecule has 1 aromatic rings. The molecule has 23 heavy (non-hydrogen) atoms. The van der Waals surface area contributed by atoms with Gasteiger partial charge in [0.2, 0.25) is 5.91 Å². The summed E-state index contributed by atoms with van der Waals surface area (Å²) in [5, 5.41) is 0. The minimum atomic E-state index is 0. The van der Waals surface area contributed by atoms with Gasteiger partial charge in [-0.05, 0) is 55.2 Å². The number of carbonyl (C=O) groups excluding carboxylic acids is 1. The fraction of sp³-hybridized carbons (Fsp3) is 0.647. The van der Waals surface area contributed by atoms with Crippen LogP contribution in [0, 0.1) is 17.8 Å². The van der Waals surface area contributed by atoms with E-state index in [-0.39, 0.29) is 36.6 Å². The van der Waals surface area contributed by atoms with Crippen LogP contribution in [0.3, 0.4) is 0 Å². The molecule has 0 spiro atoms. The summed E-state index contributed by atoms with van der Waals surface area (Å²) in [6.07, 6.45) is 9.21. The van der Waals surface area contributed by atoms with E-state index < -0.39 is 0 Å². The first-order chi connectivity index (χ1) is 10.1. The van der Waals surface area contributed by atoms with Crippen LogP contribution < -0.4 is 5.73 Å². The lowest BCUT2D eigenvalue weighted by Gasteiger charge is -2.44. The van der Waals surface area contributed by atoms with Crippen LogP contribution in [0.25, 0.3) is 0 Å². The van der Waals surface area contributed by atoms with Gasteiger partial charge >= 0.3 is 0 Å². The molecule has 130 valence electrons. The van der Waals surface area contributed by atoms with Gasteiger partial charge < -0.3 is 10.6 Å². The largest absolute Gasteiger partial charge is 0.341 e. The van der Waals surface area contributed by atoms with Crippen LogP contribution in [0.15, 0.2) is 24.5 Å². The van der Waals surface area contributed by atoms with Crippen molar-refractivity contribution in [3.63, 3.8) is 0 Å². The Hall–Kier alpha value is -0.840. The number of amides is 1. The zero-order valence-electron chi connectivity index (χ0n) is 13.6. The molecule has 1 amide bonds. The van der Waals surface area contributed by atoms with Gasteiger partial charge in [0.25, 0.3) is 0 Å². The van der Waals surface area contributed by atoms with E-state index in [1.54, 1.807) is 12.4 Å². The maximum Gasteiger partial charge on any atom is 0.225 e. The van der Waals surface area contributed by atoms with Crippen molar-refractivity contribution in [1.82, 2.24) is 9.88 Å². The molecule has 1 aromatic heterocycles. The predicted octanol–water partition coefficient (Wildman–Crippen LogP) is 3.04. The number of rotatable bonds is 3. The van der Waals surface area contributed by atoms with E-state index in [9.17, 15) is 4.79 Å². The van der Waals surface area contributed by atoms with Crippen LogP contribution in [-0.4, -0.2) is 28.9 Å². The topological polar surface area (TPSA) is 59.2 Å². The number of fused-ring (bicyclic) bond motifs is 2. The second kappa shape index (κ2) is 8.86. The van der Waals surface area contributed by atoms with Crippen molar-refractivity contribution < 1.29 is 4.79 Å². The van der Waals surface area contributed by atoms with Crippen LogP contribution in [0.1, 0.15) is 37.7 Å². The summed E-state index contributed by atoms with van der Waals surface area (Å²) < 4.78 is 0. The van der Waals surface area contributed by atoms with Crippen molar-refractivity contribution in [2.45, 2.75) is 44.7 Å². The molecule has 0 aromatic carbocycles. The third-order valence-electron chi connectivity index (χ3n) is 5.31. The van der Waals surface area contributed by atoms with Crippen LogP contribution in [0.5, 0.6) is 0 Å². The first-order valence-electron chi connectivity index (χ1n) is 8.04. The van der Waals surface area contributed by atoms with Gasteiger partial charge in [-0.15, -0.1) is 24.8 Å². The third-order valence-corrected chi connectivity index (χ3v) is 5.31. The van der Waals surface area contributed by atoms with Crippen molar-refractivity contribution in [2.24, 2.45) is 23.5 Å². The smallest absolute Gasteiger partial charge is 0.225 e. The lowest BCUT2D eigenvalue weighted by Crippen LogP contribution is -2.49. The van der Waals surface area contributed by atoms with Crippen LogP contribution in [0.4, 0.5) is 0 Å². The van der Waals surface area contributed by atoms with Gasteiger partial charge in [0.15, 0.2) is 0 Å². The molecule has 6 heteroatoms. The summed E-state index contributed by atoms with van der Waals surface area (Å²) in [6, 6.07) is 4.26. The molecule has 2 atom stereocenters. The van der Waals surface area contributed by atoms with E-state index in [0.717, 1.165) is 18.4 Å². The van der Waals surface area contributed by atoms with Gasteiger partial charge in [-0.3, -0.25) is 9.78 Å². The van der Waals surface area contributed by atoms with Crippen LogP contribution in [-0.2, 0) is 11.3 Å². The molecule has 0 radical (unpaired) electrons. The Morgan fingerprint density at radius 2 is 1.78 bits per heavy atom.